The van der Waals surface area contributed by atoms with Crippen LogP contribution in [0.1, 0.15) is 18.4 Å². The molecule has 7 heteroatoms. The number of rotatable bonds is 4. The Morgan fingerprint density at radius 3 is 2.43 bits per heavy atom. The number of hydrogen-bond acceptors (Lipinski definition) is 2. The van der Waals surface area contributed by atoms with Gasteiger partial charge in [-0.15, -0.1) is 0 Å². The van der Waals surface area contributed by atoms with Crippen LogP contribution < -0.4 is 10.2 Å². The van der Waals surface area contributed by atoms with Crippen LogP contribution in [-0.4, -0.2) is 31.3 Å². The number of alkyl halides is 4. The quantitative estimate of drug-likeness (QED) is 0.864. The molecule has 1 aromatic carbocycles. The molecule has 0 unspecified atom stereocenters. The highest BCUT2D eigenvalue weighted by atomic mass is 19.3. The molecular formula is C14H16F4N2O. The van der Waals surface area contributed by atoms with E-state index in [9.17, 15) is 22.4 Å². The fourth-order valence-corrected chi connectivity index (χ4v) is 2.26. The van der Waals surface area contributed by atoms with Gasteiger partial charge < -0.3 is 10.2 Å². The Morgan fingerprint density at radius 1 is 1.29 bits per heavy atom. The van der Waals surface area contributed by atoms with E-state index < -0.39 is 18.3 Å². The standard InChI is InChI=1S/C14H16F4N2O/c1-9-8-10(20-6-2-3-7-20)4-5-11(9)19-13(21)14(17,18)12(15)16/h4-5,8,12H,2-3,6-7H2,1H3,(H,19,21). The first-order valence-corrected chi connectivity index (χ1v) is 6.65. The summed E-state index contributed by atoms with van der Waals surface area (Å²) in [7, 11) is 0. The third-order valence-corrected chi connectivity index (χ3v) is 3.51. The number of aryl methyl sites for hydroxylation is 1. The van der Waals surface area contributed by atoms with Crippen LogP contribution in [-0.2, 0) is 4.79 Å². The minimum absolute atomic E-state index is 0.114. The van der Waals surface area contributed by atoms with Gasteiger partial charge in [0, 0.05) is 24.5 Å². The lowest BCUT2D eigenvalue weighted by atomic mass is 10.1. The molecule has 0 radical (unpaired) electrons. The third-order valence-electron chi connectivity index (χ3n) is 3.51. The lowest BCUT2D eigenvalue weighted by molar-refractivity contribution is -0.163. The van der Waals surface area contributed by atoms with Crippen LogP contribution in [0.4, 0.5) is 28.9 Å². The Balaban J connectivity index is 2.12. The smallest absolute Gasteiger partial charge is 0.372 e. The molecule has 0 atom stereocenters. The molecule has 2 rings (SSSR count). The molecule has 1 aliphatic heterocycles. The van der Waals surface area contributed by atoms with Gasteiger partial charge >= 0.3 is 18.3 Å². The van der Waals surface area contributed by atoms with Crippen molar-refractivity contribution in [1.82, 2.24) is 0 Å². The Hall–Kier alpha value is -1.79. The summed E-state index contributed by atoms with van der Waals surface area (Å²) in [6, 6.07) is 4.90. The van der Waals surface area contributed by atoms with Crippen molar-refractivity contribution in [3.63, 3.8) is 0 Å². The predicted octanol–water partition coefficient (Wildman–Crippen LogP) is 3.43. The molecule has 0 bridgehead atoms. The van der Waals surface area contributed by atoms with Crippen LogP contribution in [0.5, 0.6) is 0 Å². The first kappa shape index (κ1) is 15.6. The summed E-state index contributed by atoms with van der Waals surface area (Å²) in [5.74, 6) is -6.69. The Labute approximate surface area is 119 Å². The molecule has 1 heterocycles. The lowest BCUT2D eigenvalue weighted by Gasteiger charge is -2.20. The van der Waals surface area contributed by atoms with E-state index in [1.807, 2.05) is 5.32 Å². The van der Waals surface area contributed by atoms with Gasteiger partial charge in [0.05, 0.1) is 0 Å². The Bertz CT molecular complexity index is 528. The summed E-state index contributed by atoms with van der Waals surface area (Å²) in [6.45, 7) is 3.49. The molecule has 116 valence electrons. The highest BCUT2D eigenvalue weighted by Gasteiger charge is 2.49. The van der Waals surface area contributed by atoms with Crippen molar-refractivity contribution in [2.24, 2.45) is 0 Å². The van der Waals surface area contributed by atoms with E-state index in [1.54, 1.807) is 19.1 Å². The van der Waals surface area contributed by atoms with Crippen LogP contribution in [0.15, 0.2) is 18.2 Å². The van der Waals surface area contributed by atoms with Crippen LogP contribution in [0.2, 0.25) is 0 Å². The van der Waals surface area contributed by atoms with Gasteiger partial charge in [0.1, 0.15) is 0 Å². The number of benzene rings is 1. The van der Waals surface area contributed by atoms with Crippen LogP contribution in [0, 0.1) is 6.92 Å². The van der Waals surface area contributed by atoms with Gasteiger partial charge in [0.25, 0.3) is 0 Å². The minimum Gasteiger partial charge on any atom is -0.372 e. The molecular weight excluding hydrogens is 288 g/mol. The van der Waals surface area contributed by atoms with E-state index in [-0.39, 0.29) is 5.69 Å². The largest absolute Gasteiger partial charge is 0.383 e. The second-order valence-electron chi connectivity index (χ2n) is 5.07. The maximum Gasteiger partial charge on any atom is 0.383 e. The molecule has 1 aliphatic rings. The number of carbonyl (C=O) groups is 1. The zero-order chi connectivity index (χ0) is 15.6. The Kier molecular flexibility index (Phi) is 4.39. The number of nitrogens with zero attached hydrogens (tertiary/aromatic N) is 1. The number of halogens is 4. The van der Waals surface area contributed by atoms with Crippen LogP contribution in [0.25, 0.3) is 0 Å². The van der Waals surface area contributed by atoms with Gasteiger partial charge in [-0.25, -0.2) is 8.78 Å². The maximum atomic E-state index is 12.9. The van der Waals surface area contributed by atoms with Crippen molar-refractivity contribution in [1.29, 1.82) is 0 Å². The fraction of sp³-hybridized carbons (Fsp3) is 0.500. The fourth-order valence-electron chi connectivity index (χ4n) is 2.26. The monoisotopic (exact) mass is 304 g/mol. The third kappa shape index (κ3) is 3.28. The van der Waals surface area contributed by atoms with Crippen molar-refractivity contribution in [2.45, 2.75) is 32.1 Å². The highest BCUT2D eigenvalue weighted by molar-refractivity contribution is 5.97. The van der Waals surface area contributed by atoms with Gasteiger partial charge in [0.2, 0.25) is 0 Å². The number of hydrogen-bond donors (Lipinski definition) is 1. The zero-order valence-electron chi connectivity index (χ0n) is 11.5. The van der Waals surface area contributed by atoms with Crippen LogP contribution >= 0.6 is 0 Å². The summed E-state index contributed by atoms with van der Waals surface area (Å²) in [5.41, 5.74) is 1.60. The summed E-state index contributed by atoms with van der Waals surface area (Å²) in [5, 5.41) is 1.86. The molecule has 0 aromatic heterocycles. The maximum absolute atomic E-state index is 12.9. The van der Waals surface area contributed by atoms with Gasteiger partial charge in [0.15, 0.2) is 0 Å². The highest BCUT2D eigenvalue weighted by Crippen LogP contribution is 2.28. The van der Waals surface area contributed by atoms with Crippen molar-refractivity contribution in [3.8, 4) is 0 Å². The van der Waals surface area contributed by atoms with Crippen molar-refractivity contribution < 1.29 is 22.4 Å². The molecule has 0 aliphatic carbocycles. The van der Waals surface area contributed by atoms with Gasteiger partial charge in [-0.3, -0.25) is 4.79 Å². The minimum atomic E-state index is -4.69. The average Bonchev–Trinajstić information content (AvgIpc) is 2.94. The first-order chi connectivity index (χ1) is 9.82. The molecule has 0 saturated carbocycles. The lowest BCUT2D eigenvalue weighted by Crippen LogP contribution is -2.41. The van der Waals surface area contributed by atoms with E-state index >= 15 is 0 Å². The van der Waals surface area contributed by atoms with E-state index in [0.29, 0.717) is 5.56 Å². The van der Waals surface area contributed by atoms with Crippen molar-refractivity contribution in [3.05, 3.63) is 23.8 Å². The SMILES string of the molecule is Cc1cc(N2CCCC2)ccc1NC(=O)C(F)(F)C(F)F. The van der Waals surface area contributed by atoms with E-state index in [2.05, 4.69) is 4.90 Å². The topological polar surface area (TPSA) is 32.3 Å². The molecule has 1 fully saturated rings. The first-order valence-electron chi connectivity index (χ1n) is 6.65. The second kappa shape index (κ2) is 5.91. The Morgan fingerprint density at radius 2 is 1.90 bits per heavy atom. The number of carbonyl (C=O) groups excluding carboxylic acids is 1. The van der Waals surface area contributed by atoms with E-state index in [0.717, 1.165) is 31.6 Å². The van der Waals surface area contributed by atoms with E-state index in [4.69, 9.17) is 0 Å². The average molecular weight is 304 g/mol. The molecule has 0 spiro atoms. The predicted molar refractivity (Wildman–Crippen MR) is 72.2 cm³/mol. The molecule has 3 nitrogen and oxygen atoms in total. The van der Waals surface area contributed by atoms with Crippen molar-refractivity contribution in [2.75, 3.05) is 23.3 Å². The van der Waals surface area contributed by atoms with Gasteiger partial charge in [-0.2, -0.15) is 8.78 Å². The number of nitrogens with one attached hydrogen (secondary N) is 1. The normalized spacial score (nSPS) is 15.6. The molecule has 1 N–H and O–H groups in total. The van der Waals surface area contributed by atoms with E-state index in [1.165, 1.54) is 6.07 Å². The molecule has 21 heavy (non-hydrogen) atoms. The molecule has 1 amide bonds. The second-order valence-corrected chi connectivity index (χ2v) is 5.07. The number of amides is 1. The zero-order valence-corrected chi connectivity index (χ0v) is 11.5. The summed E-state index contributed by atoms with van der Waals surface area (Å²) >= 11 is 0. The summed E-state index contributed by atoms with van der Waals surface area (Å²) in [6.07, 6.45) is -1.84. The molecule has 1 aromatic rings. The molecule has 1 saturated heterocycles. The number of anilines is 2. The van der Waals surface area contributed by atoms with Crippen molar-refractivity contribution >= 4 is 17.3 Å². The van der Waals surface area contributed by atoms with Crippen LogP contribution in [0.3, 0.4) is 0 Å². The summed E-state index contributed by atoms with van der Waals surface area (Å²) in [4.78, 5) is 13.4. The summed E-state index contributed by atoms with van der Waals surface area (Å²) < 4.78 is 50.1. The van der Waals surface area contributed by atoms with Gasteiger partial charge in [-0.1, -0.05) is 0 Å². The van der Waals surface area contributed by atoms with Gasteiger partial charge in [-0.05, 0) is 43.5 Å².